The zero-order valence-electron chi connectivity index (χ0n) is 9.49. The minimum absolute atomic E-state index is 0.443. The average Bonchev–Trinajstić information content (AvgIpc) is 2.52. The van der Waals surface area contributed by atoms with Gasteiger partial charge in [0.1, 0.15) is 5.82 Å². The first kappa shape index (κ1) is 10.2. The number of benzene rings is 1. The molecule has 0 fully saturated rings. The van der Waals surface area contributed by atoms with Gasteiger partial charge in [-0.25, -0.2) is 4.98 Å². The second-order valence-electron chi connectivity index (χ2n) is 4.15. The largest absolute Gasteiger partial charge is 0.326 e. The number of hydrogen-bond donors (Lipinski definition) is 1. The predicted octanol–water partition coefficient (Wildman–Crippen LogP) is 2.38. The van der Waals surface area contributed by atoms with E-state index in [0.717, 1.165) is 16.9 Å². The minimum atomic E-state index is 0.443. The molecule has 0 unspecified atom stereocenters. The highest BCUT2D eigenvalue weighted by molar-refractivity contribution is 5.77. The van der Waals surface area contributed by atoms with Crippen molar-refractivity contribution < 1.29 is 0 Å². The Bertz CT molecular complexity index is 483. The second kappa shape index (κ2) is 3.66. The Labute approximate surface area is 89.9 Å². The highest BCUT2D eigenvalue weighted by atomic mass is 15.1. The molecule has 3 nitrogen and oxygen atoms in total. The van der Waals surface area contributed by atoms with Gasteiger partial charge in [-0.1, -0.05) is 6.07 Å². The highest BCUT2D eigenvalue weighted by Crippen LogP contribution is 2.21. The molecule has 0 amide bonds. The van der Waals surface area contributed by atoms with Crippen LogP contribution < -0.4 is 5.73 Å². The van der Waals surface area contributed by atoms with Gasteiger partial charge in [-0.3, -0.25) is 0 Å². The summed E-state index contributed by atoms with van der Waals surface area (Å²) in [6.45, 7) is 6.96. The van der Waals surface area contributed by atoms with E-state index in [1.54, 1.807) is 0 Å². The van der Waals surface area contributed by atoms with Gasteiger partial charge in [-0.2, -0.15) is 0 Å². The summed E-state index contributed by atoms with van der Waals surface area (Å²) >= 11 is 0. The van der Waals surface area contributed by atoms with Gasteiger partial charge >= 0.3 is 0 Å². The standard InChI is InChI=1S/C12H17N3/c1-8(2)15-9(3)14-11-6-10(7-13)4-5-12(11)15/h4-6,8H,7,13H2,1-3H3. The summed E-state index contributed by atoms with van der Waals surface area (Å²) in [5, 5.41) is 0. The van der Waals surface area contributed by atoms with Crippen molar-refractivity contribution in [3.05, 3.63) is 29.6 Å². The Morgan fingerprint density at radius 1 is 1.40 bits per heavy atom. The van der Waals surface area contributed by atoms with Crippen molar-refractivity contribution in [2.45, 2.75) is 33.4 Å². The maximum Gasteiger partial charge on any atom is 0.106 e. The molecule has 15 heavy (non-hydrogen) atoms. The summed E-state index contributed by atoms with van der Waals surface area (Å²) in [4.78, 5) is 4.55. The fourth-order valence-corrected chi connectivity index (χ4v) is 2.04. The summed E-state index contributed by atoms with van der Waals surface area (Å²) in [6.07, 6.45) is 0. The number of nitrogens with zero attached hydrogens (tertiary/aromatic N) is 2. The molecule has 0 atom stereocenters. The lowest BCUT2D eigenvalue weighted by Gasteiger charge is -2.10. The fourth-order valence-electron chi connectivity index (χ4n) is 2.04. The number of nitrogens with two attached hydrogens (primary N) is 1. The molecule has 0 saturated carbocycles. The number of aromatic nitrogens is 2. The smallest absolute Gasteiger partial charge is 0.106 e. The topological polar surface area (TPSA) is 43.8 Å². The third-order valence-corrected chi connectivity index (χ3v) is 2.68. The average molecular weight is 203 g/mol. The molecule has 80 valence electrons. The van der Waals surface area contributed by atoms with Crippen LogP contribution in [0.1, 0.15) is 31.3 Å². The van der Waals surface area contributed by atoms with E-state index >= 15 is 0 Å². The first-order chi connectivity index (χ1) is 7.13. The molecule has 0 bridgehead atoms. The van der Waals surface area contributed by atoms with Crippen LogP contribution in [0.3, 0.4) is 0 Å². The van der Waals surface area contributed by atoms with E-state index in [1.165, 1.54) is 5.52 Å². The third-order valence-electron chi connectivity index (χ3n) is 2.68. The lowest BCUT2D eigenvalue weighted by atomic mass is 10.2. The van der Waals surface area contributed by atoms with Crippen LogP contribution in [0.15, 0.2) is 18.2 Å². The van der Waals surface area contributed by atoms with Gasteiger partial charge in [-0.15, -0.1) is 0 Å². The van der Waals surface area contributed by atoms with Gasteiger partial charge in [0.05, 0.1) is 11.0 Å². The molecule has 0 aliphatic carbocycles. The maximum absolute atomic E-state index is 5.61. The van der Waals surface area contributed by atoms with Crippen molar-refractivity contribution in [3.63, 3.8) is 0 Å². The molecule has 0 spiro atoms. The van der Waals surface area contributed by atoms with Crippen LogP contribution in [0.5, 0.6) is 0 Å². The molecule has 1 aromatic carbocycles. The van der Waals surface area contributed by atoms with E-state index in [4.69, 9.17) is 5.73 Å². The molecule has 3 heteroatoms. The molecular weight excluding hydrogens is 186 g/mol. The number of rotatable bonds is 2. The van der Waals surface area contributed by atoms with Gasteiger partial charge in [0.25, 0.3) is 0 Å². The van der Waals surface area contributed by atoms with Crippen LogP contribution in [0.2, 0.25) is 0 Å². The molecular formula is C12H17N3. The zero-order chi connectivity index (χ0) is 11.0. The van der Waals surface area contributed by atoms with Crippen molar-refractivity contribution in [2.75, 3.05) is 0 Å². The number of imidazole rings is 1. The van der Waals surface area contributed by atoms with E-state index in [2.05, 4.69) is 41.6 Å². The van der Waals surface area contributed by atoms with Crippen molar-refractivity contribution in [1.82, 2.24) is 9.55 Å². The summed E-state index contributed by atoms with van der Waals surface area (Å²) < 4.78 is 2.25. The van der Waals surface area contributed by atoms with Crippen LogP contribution in [-0.4, -0.2) is 9.55 Å². The Hall–Kier alpha value is -1.35. The first-order valence-corrected chi connectivity index (χ1v) is 5.31. The van der Waals surface area contributed by atoms with Crippen LogP contribution >= 0.6 is 0 Å². The van der Waals surface area contributed by atoms with E-state index in [9.17, 15) is 0 Å². The van der Waals surface area contributed by atoms with Gasteiger partial charge in [-0.05, 0) is 38.5 Å². The SMILES string of the molecule is Cc1nc2cc(CN)ccc2n1C(C)C. The molecule has 2 aromatic rings. The molecule has 0 aliphatic rings. The Balaban J connectivity index is 2.68. The Morgan fingerprint density at radius 2 is 2.13 bits per heavy atom. The molecule has 1 heterocycles. The Kier molecular flexibility index (Phi) is 2.49. The van der Waals surface area contributed by atoms with E-state index in [-0.39, 0.29) is 0 Å². The van der Waals surface area contributed by atoms with E-state index in [0.29, 0.717) is 12.6 Å². The zero-order valence-corrected chi connectivity index (χ0v) is 9.49. The van der Waals surface area contributed by atoms with Crippen LogP contribution in [0, 0.1) is 6.92 Å². The summed E-state index contributed by atoms with van der Waals surface area (Å²) in [5.74, 6) is 1.06. The van der Waals surface area contributed by atoms with Crippen LogP contribution in [0.4, 0.5) is 0 Å². The molecule has 1 aromatic heterocycles. The number of aryl methyl sites for hydroxylation is 1. The number of fused-ring (bicyclic) bond motifs is 1. The van der Waals surface area contributed by atoms with E-state index in [1.807, 2.05) is 6.92 Å². The predicted molar refractivity (Wildman–Crippen MR) is 62.7 cm³/mol. The van der Waals surface area contributed by atoms with Gasteiger partial charge < -0.3 is 10.3 Å². The quantitative estimate of drug-likeness (QED) is 0.814. The normalized spacial score (nSPS) is 11.5. The maximum atomic E-state index is 5.61. The van der Waals surface area contributed by atoms with Crippen LogP contribution in [0.25, 0.3) is 11.0 Å². The monoisotopic (exact) mass is 203 g/mol. The molecule has 0 aliphatic heterocycles. The lowest BCUT2D eigenvalue weighted by Crippen LogP contribution is -2.02. The second-order valence-corrected chi connectivity index (χ2v) is 4.15. The van der Waals surface area contributed by atoms with E-state index < -0.39 is 0 Å². The van der Waals surface area contributed by atoms with Crippen molar-refractivity contribution in [3.8, 4) is 0 Å². The van der Waals surface area contributed by atoms with Crippen molar-refractivity contribution in [2.24, 2.45) is 5.73 Å². The fraction of sp³-hybridized carbons (Fsp3) is 0.417. The van der Waals surface area contributed by atoms with Gasteiger partial charge in [0.2, 0.25) is 0 Å². The molecule has 0 saturated heterocycles. The summed E-state index contributed by atoms with van der Waals surface area (Å²) in [7, 11) is 0. The summed E-state index contributed by atoms with van der Waals surface area (Å²) in [5.41, 5.74) is 8.99. The van der Waals surface area contributed by atoms with Gasteiger partial charge in [0.15, 0.2) is 0 Å². The lowest BCUT2D eigenvalue weighted by molar-refractivity contribution is 0.600. The molecule has 0 radical (unpaired) electrons. The van der Waals surface area contributed by atoms with Crippen LogP contribution in [-0.2, 0) is 6.54 Å². The Morgan fingerprint density at radius 3 is 2.73 bits per heavy atom. The van der Waals surface area contributed by atoms with Crippen molar-refractivity contribution >= 4 is 11.0 Å². The number of hydrogen-bond acceptors (Lipinski definition) is 2. The first-order valence-electron chi connectivity index (χ1n) is 5.31. The highest BCUT2D eigenvalue weighted by Gasteiger charge is 2.09. The van der Waals surface area contributed by atoms with Crippen molar-refractivity contribution in [1.29, 1.82) is 0 Å². The van der Waals surface area contributed by atoms with Gasteiger partial charge in [0, 0.05) is 12.6 Å². The third kappa shape index (κ3) is 1.63. The molecule has 2 rings (SSSR count). The minimum Gasteiger partial charge on any atom is -0.326 e. The summed E-state index contributed by atoms with van der Waals surface area (Å²) in [6, 6.07) is 6.69. The molecule has 2 N–H and O–H groups in total.